The maximum absolute atomic E-state index is 16.0. The van der Waals surface area contributed by atoms with E-state index in [1.54, 1.807) is 68.4 Å². The zero-order valence-electron chi connectivity index (χ0n) is 80.8. The highest BCUT2D eigenvalue weighted by molar-refractivity contribution is 7.98. The number of ketones is 5. The summed E-state index contributed by atoms with van der Waals surface area (Å²) >= 11 is 1.44. The predicted octanol–water partition coefficient (Wildman–Crippen LogP) is 16.7. The van der Waals surface area contributed by atoms with E-state index in [0.29, 0.717) is 71.4 Å². The Balaban J connectivity index is 1.02. The van der Waals surface area contributed by atoms with Crippen molar-refractivity contribution in [3.8, 4) is 0 Å². The van der Waals surface area contributed by atoms with Gasteiger partial charge in [0.05, 0.1) is 79.9 Å². The highest BCUT2D eigenvalue weighted by Gasteiger charge is 2.39. The number of nitro benzene ring substituents is 1. The second-order valence-electron chi connectivity index (χ2n) is 35.3. The summed E-state index contributed by atoms with van der Waals surface area (Å²) in [5, 5.41) is 30.4. The first-order valence-corrected chi connectivity index (χ1v) is 49.3. The number of rotatable bonds is 64. The predicted molar refractivity (Wildman–Crippen MR) is 538 cm³/mol. The Morgan fingerprint density at radius 1 is 0.468 bits per heavy atom. The van der Waals surface area contributed by atoms with E-state index in [1.165, 1.54) is 47.7 Å². The van der Waals surface area contributed by atoms with Crippen LogP contribution in [-0.4, -0.2) is 164 Å². The van der Waals surface area contributed by atoms with Crippen molar-refractivity contribution in [1.29, 1.82) is 0 Å². The van der Waals surface area contributed by atoms with Crippen molar-refractivity contribution in [2.24, 2.45) is 40.7 Å². The van der Waals surface area contributed by atoms with Gasteiger partial charge in [0.25, 0.3) is 5.69 Å². The number of carbonyl (C=O) groups is 11. The first-order chi connectivity index (χ1) is 67.3. The number of alkyl carbamates (subject to hydrolysis) is 1. The summed E-state index contributed by atoms with van der Waals surface area (Å²) < 4.78 is 29.6. The number of nitrogens with one attached hydrogen (secondary N) is 5. The van der Waals surface area contributed by atoms with Crippen molar-refractivity contribution in [1.82, 2.24) is 26.6 Å². The minimum Gasteiger partial charge on any atom is -0.445 e. The van der Waals surface area contributed by atoms with Gasteiger partial charge in [-0.3, -0.25) is 53.3 Å². The molecule has 0 spiro atoms. The molecule has 0 radical (unpaired) electrons. The Morgan fingerprint density at radius 3 is 1.45 bits per heavy atom. The average Bonchev–Trinajstić information content (AvgIpc) is 0.738. The zero-order chi connectivity index (χ0) is 99.6. The number of carbonyl (C=O) groups excluding carboxylic acids is 11. The van der Waals surface area contributed by atoms with Crippen LogP contribution >= 0.6 is 11.8 Å². The average molecular weight is 1910 g/mol. The highest BCUT2D eigenvalue weighted by atomic mass is 32.2. The molecule has 0 saturated heterocycles. The van der Waals surface area contributed by atoms with E-state index in [1.807, 2.05) is 192 Å². The molecular weight excluding hydrogens is 1780 g/mol. The fourth-order valence-corrected chi connectivity index (χ4v) is 16.3. The summed E-state index contributed by atoms with van der Waals surface area (Å²) in [7, 11) is 0. The number of nitrogens with zero attached hydrogens (tertiary/aromatic N) is 2. The van der Waals surface area contributed by atoms with E-state index in [0.717, 1.165) is 53.5 Å². The molecule has 9 aromatic rings. The molecule has 0 aliphatic carbocycles. The van der Waals surface area contributed by atoms with Gasteiger partial charge in [0.1, 0.15) is 30.8 Å². The second kappa shape index (κ2) is 59.9. The molecule has 0 aliphatic rings. The lowest BCUT2D eigenvalue weighted by molar-refractivity contribution is -0.384. The minimum atomic E-state index is -1.61. The lowest BCUT2D eigenvalue weighted by atomic mass is 9.86. The molecule has 736 valence electrons. The molecule has 11 atom stereocenters. The van der Waals surface area contributed by atoms with Crippen LogP contribution in [0.1, 0.15) is 159 Å². The van der Waals surface area contributed by atoms with Crippen molar-refractivity contribution in [3.05, 3.63) is 338 Å². The number of aryl methyl sites for hydroxylation is 5. The van der Waals surface area contributed by atoms with Crippen LogP contribution in [0.5, 0.6) is 0 Å². The van der Waals surface area contributed by atoms with Gasteiger partial charge >= 0.3 is 12.1 Å². The second-order valence-corrected chi connectivity index (χ2v) is 36.3. The van der Waals surface area contributed by atoms with Crippen LogP contribution in [0.2, 0.25) is 0 Å². The monoisotopic (exact) mass is 1910 g/mol. The smallest absolute Gasteiger partial charge is 0.407 e. The molecule has 9 aromatic carbocycles. The molecule has 0 aromatic heterocycles. The number of nitro groups is 1. The molecular formula is C112H133N7O19S. The molecule has 0 aliphatic heterocycles. The van der Waals surface area contributed by atoms with Crippen LogP contribution in [0.25, 0.3) is 0 Å². The first-order valence-electron chi connectivity index (χ1n) is 47.9. The standard InChI is InChI=1S/C112H133N7O19S/c1-9-60-136-112(130)113-72-94(70-103(124)106(80(7)137-74-89-36-25-16-26-37-89)117-110(128)95(75-135-73-88-34-23-15-24-35-88)71-101(122)97(66-86-49-45-83(46-50-86)43-41-81-28-17-12-18-29-81)114-104(125)76-134-63-62-133-61-27-38-99(120)78(5)10-2)109(127)115-98(67-87-51-47-84(48-52-87)44-42-82-30-19-13-20-31-82)100(121)69-93(65-85-32-21-14-22-33-85)108(126)116-105(79(6)11-3)102(123)68-92(59-64-139-8)111(129)138-118-107(90-53-39-77(4)40-54-90)91-55-57-96(58-56-91)119(131)132/h9,12-26,28-37,39-40,45-58,78-80,92-95,97-98,105-106H,1,10-11,27,38,41-44,59-76H2,2-8H3,(H,113,130)(H,114,125)(H,115,127)(H,116,126)(H,117,128)/b118-107-/t78-,79?,80?,92+,93+,94-,95-,97-,98-,105-,106-/m0/s1. The quantitative estimate of drug-likeness (QED) is 0.00590. The SMILES string of the molecule is C=CCOC(=O)NC[C@H](CC(=O)[C@@H](NC(=O)[C@H](COCc1ccccc1)CC(=O)[C@H](Cc1ccc(CCc2ccccc2)cc1)NC(=O)COCCOCCCC(=O)[C@@H](C)CC)C(C)OCc1ccccc1)C(=O)N[C@@H](Cc1ccc(CCc2ccccc2)cc1)C(=O)C[C@@H](Cc1ccccc1)C(=O)N[C@H](C(=O)C[C@@H](CCSC)C(=O)O/N=C(/c1ccc(C)cc1)c1ccc([N+](=O)[O-])cc1)C(C)CC. The number of hydrogen-bond acceptors (Lipinski definition) is 21. The summed E-state index contributed by atoms with van der Waals surface area (Å²) in [5.41, 5.74) is 9.65. The van der Waals surface area contributed by atoms with E-state index >= 15 is 33.6 Å². The lowest BCUT2D eigenvalue weighted by Crippen LogP contribution is -2.54. The third-order valence-electron chi connectivity index (χ3n) is 24.6. The van der Waals surface area contributed by atoms with E-state index < -0.39 is 156 Å². The number of ether oxygens (including phenoxy) is 5. The molecule has 2 unspecified atom stereocenters. The van der Waals surface area contributed by atoms with Crippen molar-refractivity contribution in [2.75, 3.05) is 58.2 Å². The number of oxime groups is 1. The minimum absolute atomic E-state index is 0.000485. The fraction of sp³-hybridized carbons (Fsp3) is 0.393. The Hall–Kier alpha value is -13.1. The molecule has 0 saturated carbocycles. The number of hydrogen-bond donors (Lipinski definition) is 5. The number of Topliss-reactive ketones (excluding diaryl/α,β-unsaturated/α-hetero) is 5. The third kappa shape index (κ3) is 38.7. The van der Waals surface area contributed by atoms with Crippen molar-refractivity contribution in [2.45, 2.75) is 188 Å². The van der Waals surface area contributed by atoms with Crippen molar-refractivity contribution in [3.63, 3.8) is 0 Å². The maximum atomic E-state index is 16.0. The van der Waals surface area contributed by atoms with Crippen LogP contribution in [0.3, 0.4) is 0 Å². The fourth-order valence-electron chi connectivity index (χ4n) is 15.8. The van der Waals surface area contributed by atoms with Crippen LogP contribution in [0.4, 0.5) is 10.5 Å². The summed E-state index contributed by atoms with van der Waals surface area (Å²) in [5.74, 6) is -11.5. The topological polar surface area (TPSA) is 359 Å². The summed E-state index contributed by atoms with van der Waals surface area (Å²) in [4.78, 5) is 181. The first kappa shape index (κ1) is 110. The molecule has 0 bridgehead atoms. The van der Waals surface area contributed by atoms with Gasteiger partial charge in [0, 0.05) is 80.4 Å². The maximum Gasteiger partial charge on any atom is 0.407 e. The normalized spacial score (nSPS) is 13.7. The zero-order valence-corrected chi connectivity index (χ0v) is 81.6. The Bertz CT molecular complexity index is 5410. The third-order valence-corrected chi connectivity index (χ3v) is 25.3. The molecule has 5 N–H and O–H groups in total. The van der Waals surface area contributed by atoms with Gasteiger partial charge in [0.2, 0.25) is 23.6 Å². The molecule has 27 heteroatoms. The number of non-ortho nitro benzene ring substituents is 1. The van der Waals surface area contributed by atoms with Gasteiger partial charge in [-0.1, -0.05) is 282 Å². The number of benzene rings is 9. The van der Waals surface area contributed by atoms with Crippen LogP contribution in [-0.2, 0) is 135 Å². The summed E-state index contributed by atoms with van der Waals surface area (Å²) in [6.07, 6.45) is 3.79. The van der Waals surface area contributed by atoms with Gasteiger partial charge < -0.3 is 55.1 Å². The van der Waals surface area contributed by atoms with Crippen molar-refractivity contribution >= 4 is 87.8 Å². The van der Waals surface area contributed by atoms with E-state index in [9.17, 15) is 29.3 Å². The summed E-state index contributed by atoms with van der Waals surface area (Å²) in [6.45, 7) is 13.4. The molecule has 0 fully saturated rings. The van der Waals surface area contributed by atoms with E-state index in [-0.39, 0.29) is 94.8 Å². The van der Waals surface area contributed by atoms with Crippen LogP contribution in [0, 0.1) is 52.5 Å². The summed E-state index contributed by atoms with van der Waals surface area (Å²) in [6, 6.07) is 69.8. The Kier molecular flexibility index (Phi) is 47.3. The van der Waals surface area contributed by atoms with Gasteiger partial charge in [-0.15, -0.1) is 0 Å². The molecule has 0 heterocycles. The van der Waals surface area contributed by atoms with Gasteiger partial charge in [-0.25, -0.2) is 9.59 Å². The van der Waals surface area contributed by atoms with Crippen molar-refractivity contribution < 1.29 is 86.2 Å². The number of amides is 5. The van der Waals surface area contributed by atoms with Crippen LogP contribution in [0.15, 0.2) is 267 Å². The Morgan fingerprint density at radius 2 is 0.921 bits per heavy atom. The van der Waals surface area contributed by atoms with Crippen LogP contribution < -0.4 is 26.6 Å². The van der Waals surface area contributed by atoms with E-state index in [4.69, 9.17) is 28.5 Å². The van der Waals surface area contributed by atoms with Gasteiger partial charge in [-0.05, 0) is 158 Å². The largest absolute Gasteiger partial charge is 0.445 e. The lowest BCUT2D eigenvalue weighted by Gasteiger charge is -2.29. The molecule has 139 heavy (non-hydrogen) atoms. The van der Waals surface area contributed by atoms with E-state index in [2.05, 4.69) is 50.5 Å². The Labute approximate surface area is 820 Å². The molecule has 26 nitrogen and oxygen atoms in total. The van der Waals surface area contributed by atoms with Gasteiger partial charge in [0.15, 0.2) is 23.1 Å². The molecule has 5 amide bonds. The number of thioether (sulfide) groups is 1. The molecule has 9 rings (SSSR count). The highest BCUT2D eigenvalue weighted by Crippen LogP contribution is 2.27. The van der Waals surface area contributed by atoms with Gasteiger partial charge in [-0.2, -0.15) is 11.8 Å².